The Bertz CT molecular complexity index is 935. The molecule has 2 nitrogen and oxygen atoms in total. The second-order valence-corrected chi connectivity index (χ2v) is 7.60. The Labute approximate surface area is 174 Å². The maximum absolute atomic E-state index is 13.3. The van der Waals surface area contributed by atoms with Gasteiger partial charge in [-0.15, -0.1) is 0 Å². The van der Waals surface area contributed by atoms with Gasteiger partial charge in [-0.3, -0.25) is 4.90 Å². The van der Waals surface area contributed by atoms with Crippen LogP contribution in [-0.4, -0.2) is 24.1 Å². The number of rotatable bonds is 5. The number of hydrogen-bond acceptors (Lipinski definition) is 2. The molecule has 0 saturated carbocycles. The minimum absolute atomic E-state index is 0.113. The maximum atomic E-state index is 13.3. The number of piperidine rings is 1. The zero-order valence-electron chi connectivity index (χ0n) is 16.6. The molecule has 0 aromatic heterocycles. The Morgan fingerprint density at radius 2 is 1.37 bits per heavy atom. The highest BCUT2D eigenvalue weighted by Crippen LogP contribution is 2.36. The van der Waals surface area contributed by atoms with E-state index in [0.29, 0.717) is 5.56 Å². The first-order valence-corrected chi connectivity index (χ1v) is 10.2. The van der Waals surface area contributed by atoms with Crippen LogP contribution in [0.5, 0.6) is 5.75 Å². The fraction of sp³-hybridized carbons (Fsp3) is 0.280. The van der Waals surface area contributed by atoms with Crippen molar-refractivity contribution < 1.29 is 17.9 Å². The van der Waals surface area contributed by atoms with Gasteiger partial charge in [0, 0.05) is 13.1 Å². The lowest BCUT2D eigenvalue weighted by atomic mass is 9.93. The summed E-state index contributed by atoms with van der Waals surface area (Å²) < 4.78 is 46.0. The molecule has 0 aliphatic carbocycles. The molecule has 0 unspecified atom stereocenters. The molecule has 5 heteroatoms. The predicted octanol–water partition coefficient (Wildman–Crippen LogP) is 6.34. The number of halogens is 3. The Morgan fingerprint density at radius 1 is 0.767 bits per heavy atom. The Morgan fingerprint density at radius 3 is 2.00 bits per heavy atom. The monoisotopic (exact) mass is 411 g/mol. The molecule has 0 spiro atoms. The van der Waals surface area contributed by atoms with Gasteiger partial charge in [-0.25, -0.2) is 0 Å². The van der Waals surface area contributed by atoms with Gasteiger partial charge in [0.15, 0.2) is 0 Å². The minimum Gasteiger partial charge on any atom is -0.490 e. The van der Waals surface area contributed by atoms with E-state index >= 15 is 0 Å². The number of nitrogens with zero attached hydrogens (tertiary/aromatic N) is 1. The van der Waals surface area contributed by atoms with Gasteiger partial charge in [0.25, 0.3) is 0 Å². The van der Waals surface area contributed by atoms with Gasteiger partial charge in [-0.2, -0.15) is 13.2 Å². The van der Waals surface area contributed by atoms with Gasteiger partial charge in [0.05, 0.1) is 11.6 Å². The van der Waals surface area contributed by atoms with Gasteiger partial charge in [0.1, 0.15) is 11.9 Å². The van der Waals surface area contributed by atoms with Crippen LogP contribution in [0.3, 0.4) is 0 Å². The molecule has 0 N–H and O–H groups in total. The highest BCUT2D eigenvalue weighted by molar-refractivity contribution is 5.35. The standard InChI is InChI=1S/C25H24F3NO/c26-25(27,28)21-11-7-10-20(18-21)24(19-8-3-1-4-9-19)29-16-14-23(15-17-29)30-22-12-5-2-6-13-22/h1-13,18,23-24H,14-17H2/t24-/m1/s1. The van der Waals surface area contributed by atoms with E-state index in [4.69, 9.17) is 4.74 Å². The van der Waals surface area contributed by atoms with Crippen molar-refractivity contribution in [3.63, 3.8) is 0 Å². The van der Waals surface area contributed by atoms with Crippen molar-refractivity contribution in [2.75, 3.05) is 13.1 Å². The van der Waals surface area contributed by atoms with E-state index in [-0.39, 0.29) is 12.1 Å². The lowest BCUT2D eigenvalue weighted by Crippen LogP contribution is -2.40. The van der Waals surface area contributed by atoms with Crippen molar-refractivity contribution in [3.05, 3.63) is 102 Å². The lowest BCUT2D eigenvalue weighted by molar-refractivity contribution is -0.137. The smallest absolute Gasteiger partial charge is 0.416 e. The van der Waals surface area contributed by atoms with Crippen LogP contribution in [0, 0.1) is 0 Å². The van der Waals surface area contributed by atoms with E-state index in [9.17, 15) is 13.2 Å². The number of para-hydroxylation sites is 1. The Balaban J connectivity index is 1.55. The molecular weight excluding hydrogens is 387 g/mol. The van der Waals surface area contributed by atoms with Gasteiger partial charge in [0.2, 0.25) is 0 Å². The van der Waals surface area contributed by atoms with Crippen LogP contribution in [0.1, 0.15) is 35.6 Å². The first-order valence-electron chi connectivity index (χ1n) is 10.2. The van der Waals surface area contributed by atoms with Crippen molar-refractivity contribution >= 4 is 0 Å². The number of ether oxygens (including phenoxy) is 1. The van der Waals surface area contributed by atoms with Crippen molar-refractivity contribution in [1.29, 1.82) is 0 Å². The van der Waals surface area contributed by atoms with Gasteiger partial charge >= 0.3 is 6.18 Å². The molecule has 1 heterocycles. The molecule has 1 fully saturated rings. The third-order valence-electron chi connectivity index (χ3n) is 5.53. The molecule has 4 rings (SSSR count). The molecule has 0 radical (unpaired) electrons. The summed E-state index contributed by atoms with van der Waals surface area (Å²) in [7, 11) is 0. The summed E-state index contributed by atoms with van der Waals surface area (Å²) in [6.07, 6.45) is -2.58. The molecule has 1 aliphatic rings. The largest absolute Gasteiger partial charge is 0.490 e. The first-order chi connectivity index (χ1) is 14.5. The average Bonchev–Trinajstić information content (AvgIpc) is 2.76. The molecular formula is C25H24F3NO. The van der Waals surface area contributed by atoms with Gasteiger partial charge in [-0.1, -0.05) is 60.7 Å². The van der Waals surface area contributed by atoms with Crippen LogP contribution >= 0.6 is 0 Å². The Kier molecular flexibility index (Phi) is 6.09. The lowest BCUT2D eigenvalue weighted by Gasteiger charge is -2.38. The summed E-state index contributed by atoms with van der Waals surface area (Å²) in [6, 6.07) is 25.0. The second kappa shape index (κ2) is 8.92. The highest BCUT2D eigenvalue weighted by atomic mass is 19.4. The van der Waals surface area contributed by atoms with Crippen molar-refractivity contribution in [2.24, 2.45) is 0 Å². The van der Waals surface area contributed by atoms with Crippen LogP contribution < -0.4 is 4.74 Å². The molecule has 3 aromatic carbocycles. The van der Waals surface area contributed by atoms with E-state index in [1.807, 2.05) is 60.7 Å². The summed E-state index contributed by atoms with van der Waals surface area (Å²) >= 11 is 0. The van der Waals surface area contributed by atoms with Crippen LogP contribution in [0.2, 0.25) is 0 Å². The van der Waals surface area contributed by atoms with Crippen molar-refractivity contribution in [2.45, 2.75) is 31.2 Å². The quantitative estimate of drug-likeness (QED) is 0.486. The second-order valence-electron chi connectivity index (χ2n) is 7.60. The molecule has 0 bridgehead atoms. The fourth-order valence-electron chi connectivity index (χ4n) is 4.08. The van der Waals surface area contributed by atoms with Gasteiger partial charge < -0.3 is 4.74 Å². The summed E-state index contributed by atoms with van der Waals surface area (Å²) in [5.74, 6) is 0.855. The zero-order chi connectivity index (χ0) is 21.0. The normalized spacial score (nSPS) is 16.9. The third kappa shape index (κ3) is 4.85. The maximum Gasteiger partial charge on any atom is 0.416 e. The van der Waals surface area contributed by atoms with E-state index in [1.54, 1.807) is 6.07 Å². The summed E-state index contributed by atoms with van der Waals surface area (Å²) in [5, 5.41) is 0. The van der Waals surface area contributed by atoms with Crippen LogP contribution in [0.25, 0.3) is 0 Å². The minimum atomic E-state index is -4.35. The molecule has 1 saturated heterocycles. The Hall–Kier alpha value is -2.79. The average molecular weight is 411 g/mol. The topological polar surface area (TPSA) is 12.5 Å². The number of benzene rings is 3. The molecule has 0 amide bonds. The van der Waals surface area contributed by atoms with Crippen LogP contribution in [0.4, 0.5) is 13.2 Å². The van der Waals surface area contributed by atoms with Crippen LogP contribution in [0.15, 0.2) is 84.9 Å². The number of likely N-dealkylation sites (tertiary alicyclic amines) is 1. The van der Waals surface area contributed by atoms with E-state index in [2.05, 4.69) is 4.90 Å². The van der Waals surface area contributed by atoms with Crippen molar-refractivity contribution in [3.8, 4) is 5.75 Å². The van der Waals surface area contributed by atoms with E-state index in [1.165, 1.54) is 12.1 Å². The number of alkyl halides is 3. The van der Waals surface area contributed by atoms with Gasteiger partial charge in [-0.05, 0) is 48.2 Å². The number of hydrogen-bond donors (Lipinski definition) is 0. The molecule has 3 aromatic rings. The molecule has 1 aliphatic heterocycles. The SMILES string of the molecule is FC(F)(F)c1cccc([C@@H](c2ccccc2)N2CCC(Oc3ccccc3)CC2)c1. The predicted molar refractivity (Wildman–Crippen MR) is 111 cm³/mol. The molecule has 156 valence electrons. The van der Waals surface area contributed by atoms with E-state index in [0.717, 1.165) is 43.3 Å². The van der Waals surface area contributed by atoms with Crippen molar-refractivity contribution in [1.82, 2.24) is 4.90 Å². The van der Waals surface area contributed by atoms with Crippen LogP contribution in [-0.2, 0) is 6.18 Å². The van der Waals surface area contributed by atoms with E-state index < -0.39 is 11.7 Å². The molecule has 30 heavy (non-hydrogen) atoms. The highest BCUT2D eigenvalue weighted by Gasteiger charge is 2.33. The summed E-state index contributed by atoms with van der Waals surface area (Å²) in [6.45, 7) is 1.51. The molecule has 1 atom stereocenters. The zero-order valence-corrected chi connectivity index (χ0v) is 16.6. The first kappa shape index (κ1) is 20.5. The fourth-order valence-corrected chi connectivity index (χ4v) is 4.08. The summed E-state index contributed by atoms with van der Waals surface area (Å²) in [5.41, 5.74) is 1.06. The third-order valence-corrected chi connectivity index (χ3v) is 5.53. The summed E-state index contributed by atoms with van der Waals surface area (Å²) in [4.78, 5) is 2.26.